The second-order valence-corrected chi connectivity index (χ2v) is 7.86. The van der Waals surface area contributed by atoms with Crippen LogP contribution in [-0.2, 0) is 6.54 Å². The number of carbonyl (C=O) groups is 1. The third-order valence-corrected chi connectivity index (χ3v) is 5.33. The Balaban J connectivity index is 1.99. The lowest BCUT2D eigenvalue weighted by Gasteiger charge is -2.14. The molecule has 0 unspecified atom stereocenters. The number of carbonyl (C=O) groups excluding carboxylic acids is 1. The van der Waals surface area contributed by atoms with Crippen LogP contribution in [0.3, 0.4) is 0 Å². The quantitative estimate of drug-likeness (QED) is 0.501. The molecule has 0 atom stereocenters. The Kier molecular flexibility index (Phi) is 4.71. The van der Waals surface area contributed by atoms with Crippen molar-refractivity contribution in [1.29, 1.82) is 5.41 Å². The molecule has 4 aromatic heterocycles. The topological polar surface area (TPSA) is 118 Å². The van der Waals surface area contributed by atoms with E-state index in [0.717, 1.165) is 17.0 Å². The summed E-state index contributed by atoms with van der Waals surface area (Å²) in [5, 5.41) is 20.4. The maximum absolute atomic E-state index is 13.1. The summed E-state index contributed by atoms with van der Waals surface area (Å²) in [6.07, 6.45) is 2.38. The molecule has 10 heteroatoms. The van der Waals surface area contributed by atoms with E-state index in [1.807, 2.05) is 19.9 Å². The summed E-state index contributed by atoms with van der Waals surface area (Å²) in [6.45, 7) is 6.09. The largest absolute Gasteiger partial charge is 0.310 e. The van der Waals surface area contributed by atoms with E-state index < -0.39 is 5.91 Å². The molecule has 29 heavy (non-hydrogen) atoms. The molecule has 4 rings (SSSR count). The number of hydrogen-bond donors (Lipinski definition) is 2. The summed E-state index contributed by atoms with van der Waals surface area (Å²) in [4.78, 5) is 30.6. The van der Waals surface area contributed by atoms with Gasteiger partial charge in [-0.25, -0.2) is 4.98 Å². The van der Waals surface area contributed by atoms with Gasteiger partial charge in [0.25, 0.3) is 11.5 Å². The van der Waals surface area contributed by atoms with Gasteiger partial charge in [-0.3, -0.25) is 24.7 Å². The standard InChI is InChI=1S/C19H19N7O2S/c1-4-7-25-14(20)12(17(27)22-19-24-23-11(3)29-19)9-13-16(25)21-15-10(2)6-5-8-26(15)18(13)28/h5-6,8-9,20H,4,7H2,1-3H3,(H,22,24,27). The van der Waals surface area contributed by atoms with Gasteiger partial charge in [0.05, 0.1) is 10.9 Å². The Hall–Kier alpha value is -3.40. The second-order valence-electron chi connectivity index (χ2n) is 6.68. The van der Waals surface area contributed by atoms with Crippen LogP contribution >= 0.6 is 11.3 Å². The fourth-order valence-electron chi connectivity index (χ4n) is 3.22. The molecule has 0 saturated heterocycles. The number of hydrogen-bond acceptors (Lipinski definition) is 7. The van der Waals surface area contributed by atoms with Gasteiger partial charge in [0.2, 0.25) is 5.13 Å². The molecule has 0 fully saturated rings. The van der Waals surface area contributed by atoms with Crippen LogP contribution in [-0.4, -0.2) is 30.1 Å². The molecule has 0 bridgehead atoms. The maximum Gasteiger partial charge on any atom is 0.267 e. The number of fused-ring (bicyclic) bond motifs is 2. The van der Waals surface area contributed by atoms with Gasteiger partial charge in [0.15, 0.2) is 0 Å². The van der Waals surface area contributed by atoms with Crippen molar-refractivity contribution in [1.82, 2.24) is 24.1 Å². The van der Waals surface area contributed by atoms with Crippen molar-refractivity contribution in [3.05, 3.63) is 56.4 Å². The number of aromatic nitrogens is 5. The highest BCUT2D eigenvalue weighted by molar-refractivity contribution is 7.15. The van der Waals surface area contributed by atoms with Gasteiger partial charge in [-0.05, 0) is 38.0 Å². The first-order chi connectivity index (χ1) is 13.9. The van der Waals surface area contributed by atoms with Crippen molar-refractivity contribution in [2.75, 3.05) is 5.32 Å². The Labute approximate surface area is 169 Å². The first-order valence-electron chi connectivity index (χ1n) is 9.12. The first-order valence-corrected chi connectivity index (χ1v) is 9.94. The molecule has 0 radical (unpaired) electrons. The number of nitrogens with one attached hydrogen (secondary N) is 2. The summed E-state index contributed by atoms with van der Waals surface area (Å²) >= 11 is 1.24. The molecule has 9 nitrogen and oxygen atoms in total. The summed E-state index contributed by atoms with van der Waals surface area (Å²) in [7, 11) is 0. The van der Waals surface area contributed by atoms with Gasteiger partial charge in [0, 0.05) is 12.7 Å². The van der Waals surface area contributed by atoms with Crippen LogP contribution in [0.5, 0.6) is 0 Å². The van der Waals surface area contributed by atoms with E-state index in [9.17, 15) is 9.59 Å². The Morgan fingerprint density at radius 3 is 2.76 bits per heavy atom. The third kappa shape index (κ3) is 3.21. The average molecular weight is 409 g/mol. The molecule has 0 aromatic carbocycles. The Morgan fingerprint density at radius 1 is 1.28 bits per heavy atom. The molecule has 1 amide bonds. The number of rotatable bonds is 4. The SMILES string of the molecule is CCCn1c(=N)c(C(=O)Nc2nnc(C)s2)cc2c(=O)n3cccc(C)c3nc21. The first kappa shape index (κ1) is 18.9. The van der Waals surface area contributed by atoms with Gasteiger partial charge in [0.1, 0.15) is 21.8 Å². The monoisotopic (exact) mass is 409 g/mol. The van der Waals surface area contributed by atoms with Crippen LogP contribution < -0.4 is 16.4 Å². The number of anilines is 1. The zero-order valence-electron chi connectivity index (χ0n) is 16.2. The minimum Gasteiger partial charge on any atom is -0.310 e. The van der Waals surface area contributed by atoms with Crippen LogP contribution in [0.4, 0.5) is 5.13 Å². The minimum absolute atomic E-state index is 0.00271. The second kappa shape index (κ2) is 7.21. The zero-order valence-corrected chi connectivity index (χ0v) is 17.0. The summed E-state index contributed by atoms with van der Waals surface area (Å²) in [5.74, 6) is -0.508. The van der Waals surface area contributed by atoms with Crippen LogP contribution in [0.25, 0.3) is 16.7 Å². The van der Waals surface area contributed by atoms with E-state index in [-0.39, 0.29) is 22.0 Å². The summed E-state index contributed by atoms with van der Waals surface area (Å²) in [6, 6.07) is 5.10. The van der Waals surface area contributed by atoms with E-state index in [1.54, 1.807) is 23.8 Å². The van der Waals surface area contributed by atoms with Crippen molar-refractivity contribution in [3.63, 3.8) is 0 Å². The molecule has 148 valence electrons. The number of pyridine rings is 2. The number of amides is 1. The van der Waals surface area contributed by atoms with Crippen molar-refractivity contribution in [2.45, 2.75) is 33.7 Å². The Morgan fingerprint density at radius 2 is 2.07 bits per heavy atom. The predicted molar refractivity (Wildman–Crippen MR) is 110 cm³/mol. The van der Waals surface area contributed by atoms with Gasteiger partial charge in [-0.1, -0.05) is 24.3 Å². The molecule has 4 heterocycles. The highest BCUT2D eigenvalue weighted by Gasteiger charge is 2.18. The molecule has 0 spiro atoms. The van der Waals surface area contributed by atoms with Crippen LogP contribution in [0, 0.1) is 19.3 Å². The molecular formula is C19H19N7O2S. The van der Waals surface area contributed by atoms with Crippen LogP contribution in [0.15, 0.2) is 29.2 Å². The lowest BCUT2D eigenvalue weighted by molar-refractivity contribution is 0.102. The Bertz CT molecular complexity index is 1380. The number of aryl methyl sites for hydroxylation is 3. The molecule has 0 aliphatic heterocycles. The number of nitrogens with zero attached hydrogens (tertiary/aromatic N) is 5. The highest BCUT2D eigenvalue weighted by Crippen LogP contribution is 2.16. The van der Waals surface area contributed by atoms with E-state index >= 15 is 0 Å². The van der Waals surface area contributed by atoms with Crippen molar-refractivity contribution < 1.29 is 4.79 Å². The van der Waals surface area contributed by atoms with Gasteiger partial charge < -0.3 is 4.57 Å². The van der Waals surface area contributed by atoms with Crippen LogP contribution in [0.2, 0.25) is 0 Å². The summed E-state index contributed by atoms with van der Waals surface area (Å²) in [5.41, 5.74) is 1.61. The smallest absolute Gasteiger partial charge is 0.267 e. The van der Waals surface area contributed by atoms with Crippen LogP contribution in [0.1, 0.15) is 34.3 Å². The highest BCUT2D eigenvalue weighted by atomic mass is 32.1. The van der Waals surface area contributed by atoms with E-state index in [2.05, 4.69) is 20.5 Å². The fraction of sp³-hybridized carbons (Fsp3) is 0.263. The van der Waals surface area contributed by atoms with Gasteiger partial charge in [-0.15, -0.1) is 10.2 Å². The molecule has 4 aromatic rings. The average Bonchev–Trinajstić information content (AvgIpc) is 3.09. The van der Waals surface area contributed by atoms with E-state index in [0.29, 0.717) is 23.0 Å². The summed E-state index contributed by atoms with van der Waals surface area (Å²) < 4.78 is 3.08. The van der Waals surface area contributed by atoms with Gasteiger partial charge >= 0.3 is 0 Å². The van der Waals surface area contributed by atoms with Crippen molar-refractivity contribution in [2.24, 2.45) is 0 Å². The zero-order chi connectivity index (χ0) is 20.7. The van der Waals surface area contributed by atoms with Crippen molar-refractivity contribution in [3.8, 4) is 0 Å². The molecule has 0 aliphatic rings. The maximum atomic E-state index is 13.1. The van der Waals surface area contributed by atoms with E-state index in [4.69, 9.17) is 5.41 Å². The fourth-order valence-corrected chi connectivity index (χ4v) is 3.81. The molecule has 0 aliphatic carbocycles. The minimum atomic E-state index is -0.508. The lowest BCUT2D eigenvalue weighted by Crippen LogP contribution is -2.32. The normalized spacial score (nSPS) is 11.3. The molecule has 2 N–H and O–H groups in total. The van der Waals surface area contributed by atoms with Crippen molar-refractivity contribution >= 4 is 39.1 Å². The lowest BCUT2D eigenvalue weighted by atomic mass is 10.2. The third-order valence-electron chi connectivity index (χ3n) is 4.57. The van der Waals surface area contributed by atoms with E-state index in [1.165, 1.54) is 21.8 Å². The molecule has 0 saturated carbocycles. The predicted octanol–water partition coefficient (Wildman–Crippen LogP) is 2.26. The molecular weight excluding hydrogens is 390 g/mol. The van der Waals surface area contributed by atoms with Gasteiger partial charge in [-0.2, -0.15) is 0 Å².